The molecular formula is C21H25ClF3N3O7. The number of nitrogens with one attached hydrogen (secondary N) is 1. The Labute approximate surface area is 202 Å². The number of ether oxygens (including phenoxy) is 1. The maximum atomic E-state index is 12.5. The molecule has 0 radical (unpaired) electrons. The Morgan fingerprint density at radius 3 is 2.26 bits per heavy atom. The molecule has 0 aliphatic rings. The highest BCUT2D eigenvalue weighted by atomic mass is 35.5. The first-order valence-electron chi connectivity index (χ1n) is 10.2. The highest BCUT2D eigenvalue weighted by Gasteiger charge is 2.38. The molecule has 1 aromatic carbocycles. The summed E-state index contributed by atoms with van der Waals surface area (Å²) < 4.78 is 37.3. The first-order valence-corrected chi connectivity index (χ1v) is 10.6. The van der Waals surface area contributed by atoms with Crippen molar-refractivity contribution < 1.29 is 47.6 Å². The first-order chi connectivity index (χ1) is 16.2. The fraction of sp³-hybridized carbons (Fsp3) is 0.429. The van der Waals surface area contributed by atoms with E-state index in [0.29, 0.717) is 35.9 Å². The van der Waals surface area contributed by atoms with Crippen molar-refractivity contribution in [2.24, 2.45) is 5.73 Å². The summed E-state index contributed by atoms with van der Waals surface area (Å²) in [6.07, 6.45) is -3.72. The average Bonchev–Trinajstić information content (AvgIpc) is 2.74. The van der Waals surface area contributed by atoms with Gasteiger partial charge < -0.3 is 31.1 Å². The third kappa shape index (κ3) is 9.09. The predicted molar refractivity (Wildman–Crippen MR) is 120 cm³/mol. The molecular weight excluding hydrogens is 499 g/mol. The van der Waals surface area contributed by atoms with E-state index in [1.165, 1.54) is 0 Å². The minimum Gasteiger partial charge on any atom is -0.505 e. The van der Waals surface area contributed by atoms with E-state index in [2.05, 4.69) is 10.3 Å². The van der Waals surface area contributed by atoms with Crippen LogP contribution >= 0.6 is 11.6 Å². The third-order valence-corrected chi connectivity index (χ3v) is 4.57. The molecule has 0 fully saturated rings. The monoisotopic (exact) mass is 523 g/mol. The standard InChI is InChI=1S/C19H24ClN3O5.C2HF3O2/c1-10(2)28-11-6-7-12-13(9-11)17(20)23-15(16(12)24)18(25)22-14(19(26)27)5-3-4-8-21;3-2(4,5)1(6)7/h6-7,9-10,14,24H,3-5,8,21H2,1-2H3,(H,22,25)(H,26,27);(H,6,7)/t14-;/m1./s1. The number of halogens is 4. The van der Waals surface area contributed by atoms with Crippen LogP contribution in [0.2, 0.25) is 5.15 Å². The molecule has 1 amide bonds. The van der Waals surface area contributed by atoms with Crippen molar-refractivity contribution in [2.75, 3.05) is 6.54 Å². The van der Waals surface area contributed by atoms with E-state index in [1.807, 2.05) is 13.8 Å². The number of benzene rings is 1. The van der Waals surface area contributed by atoms with E-state index < -0.39 is 30.1 Å². The van der Waals surface area contributed by atoms with Gasteiger partial charge in [0, 0.05) is 10.8 Å². The number of carbonyl (C=O) groups excluding carboxylic acids is 1. The van der Waals surface area contributed by atoms with Crippen molar-refractivity contribution in [1.29, 1.82) is 0 Å². The smallest absolute Gasteiger partial charge is 0.490 e. The van der Waals surface area contributed by atoms with Crippen molar-refractivity contribution in [2.45, 2.75) is 51.4 Å². The number of nitrogens with zero attached hydrogens (tertiary/aromatic N) is 1. The lowest BCUT2D eigenvalue weighted by atomic mass is 10.1. The molecule has 194 valence electrons. The van der Waals surface area contributed by atoms with Crippen LogP contribution in [0, 0.1) is 0 Å². The van der Waals surface area contributed by atoms with Gasteiger partial charge in [-0.2, -0.15) is 13.2 Å². The summed E-state index contributed by atoms with van der Waals surface area (Å²) in [6.45, 7) is 4.19. The summed E-state index contributed by atoms with van der Waals surface area (Å²) in [4.78, 5) is 36.8. The number of aromatic nitrogens is 1. The van der Waals surface area contributed by atoms with E-state index in [4.69, 9.17) is 32.0 Å². The second-order valence-corrected chi connectivity index (χ2v) is 7.78. The quantitative estimate of drug-likeness (QED) is 0.244. The van der Waals surface area contributed by atoms with Crippen LogP contribution in [0.3, 0.4) is 0 Å². The van der Waals surface area contributed by atoms with Crippen LogP contribution in [0.25, 0.3) is 10.8 Å². The minimum atomic E-state index is -5.08. The molecule has 0 unspecified atom stereocenters. The molecule has 14 heteroatoms. The van der Waals surface area contributed by atoms with Gasteiger partial charge in [-0.25, -0.2) is 14.6 Å². The molecule has 2 rings (SSSR count). The number of carboxylic acids is 2. The number of pyridine rings is 1. The van der Waals surface area contributed by atoms with E-state index >= 15 is 0 Å². The van der Waals surface area contributed by atoms with Crippen molar-refractivity contribution >= 4 is 40.2 Å². The Kier molecular flexibility index (Phi) is 11.0. The largest absolute Gasteiger partial charge is 0.505 e. The number of unbranched alkanes of at least 4 members (excludes halogenated alkanes) is 1. The van der Waals surface area contributed by atoms with Gasteiger partial charge in [-0.3, -0.25) is 4.79 Å². The number of nitrogens with two attached hydrogens (primary N) is 1. The molecule has 1 atom stereocenters. The maximum absolute atomic E-state index is 12.5. The zero-order valence-corrected chi connectivity index (χ0v) is 19.5. The molecule has 0 aliphatic heterocycles. The Morgan fingerprint density at radius 2 is 1.77 bits per heavy atom. The number of carbonyl (C=O) groups is 3. The highest BCUT2D eigenvalue weighted by Crippen LogP contribution is 2.34. The molecule has 0 spiro atoms. The summed E-state index contributed by atoms with van der Waals surface area (Å²) in [5.41, 5.74) is 5.07. The molecule has 35 heavy (non-hydrogen) atoms. The van der Waals surface area contributed by atoms with Gasteiger partial charge in [0.1, 0.15) is 16.9 Å². The van der Waals surface area contributed by atoms with Gasteiger partial charge in [-0.1, -0.05) is 11.6 Å². The Morgan fingerprint density at radius 1 is 1.17 bits per heavy atom. The number of carboxylic acid groups (broad SMARTS) is 2. The van der Waals surface area contributed by atoms with Gasteiger partial charge in [-0.05, 0) is 57.9 Å². The fourth-order valence-electron chi connectivity index (χ4n) is 2.72. The molecule has 2 aromatic rings. The molecule has 1 heterocycles. The molecule has 0 aliphatic carbocycles. The van der Waals surface area contributed by atoms with Crippen molar-refractivity contribution in [3.63, 3.8) is 0 Å². The second-order valence-electron chi connectivity index (χ2n) is 7.43. The number of fused-ring (bicyclic) bond motifs is 1. The van der Waals surface area contributed by atoms with Crippen LogP contribution in [0.4, 0.5) is 13.2 Å². The Bertz CT molecular complexity index is 1060. The average molecular weight is 524 g/mol. The molecule has 10 nitrogen and oxygen atoms in total. The molecule has 0 saturated heterocycles. The maximum Gasteiger partial charge on any atom is 0.490 e. The summed E-state index contributed by atoms with van der Waals surface area (Å²) in [6, 6.07) is 3.73. The van der Waals surface area contributed by atoms with Crippen molar-refractivity contribution in [3.05, 3.63) is 29.0 Å². The summed E-state index contributed by atoms with van der Waals surface area (Å²) in [5.74, 6) is -4.57. The number of aliphatic carboxylic acids is 2. The van der Waals surface area contributed by atoms with E-state index in [9.17, 15) is 33.0 Å². The van der Waals surface area contributed by atoms with Crippen LogP contribution < -0.4 is 15.8 Å². The number of hydrogen-bond acceptors (Lipinski definition) is 7. The van der Waals surface area contributed by atoms with Crippen LogP contribution in [0.5, 0.6) is 11.5 Å². The van der Waals surface area contributed by atoms with Gasteiger partial charge in [0.25, 0.3) is 5.91 Å². The van der Waals surface area contributed by atoms with Crippen LogP contribution in [-0.4, -0.2) is 63.0 Å². The van der Waals surface area contributed by atoms with Crippen LogP contribution in [0.1, 0.15) is 43.6 Å². The highest BCUT2D eigenvalue weighted by molar-refractivity contribution is 6.35. The van der Waals surface area contributed by atoms with Gasteiger partial charge in [-0.15, -0.1) is 0 Å². The van der Waals surface area contributed by atoms with Gasteiger partial charge in [0.15, 0.2) is 11.4 Å². The molecule has 6 N–H and O–H groups in total. The first kappa shape index (κ1) is 29.7. The van der Waals surface area contributed by atoms with Crippen molar-refractivity contribution in [3.8, 4) is 11.5 Å². The number of aromatic hydroxyl groups is 1. The number of rotatable bonds is 9. The zero-order valence-electron chi connectivity index (χ0n) is 18.7. The molecule has 1 aromatic heterocycles. The lowest BCUT2D eigenvalue weighted by Crippen LogP contribution is -2.41. The minimum absolute atomic E-state index is 0.00200. The fourth-order valence-corrected chi connectivity index (χ4v) is 2.96. The van der Waals surface area contributed by atoms with Crippen LogP contribution in [-0.2, 0) is 9.59 Å². The zero-order chi connectivity index (χ0) is 26.9. The SMILES string of the molecule is CC(C)Oc1ccc2c(O)c(C(=O)N[C@H](CCCCN)C(=O)O)nc(Cl)c2c1.O=C(O)C(F)(F)F. The van der Waals surface area contributed by atoms with Gasteiger partial charge >= 0.3 is 18.1 Å². The normalized spacial score (nSPS) is 12.0. The van der Waals surface area contributed by atoms with E-state index in [1.54, 1.807) is 18.2 Å². The topological polar surface area (TPSA) is 172 Å². The summed E-state index contributed by atoms with van der Waals surface area (Å²) in [5, 5.41) is 30.0. The van der Waals surface area contributed by atoms with E-state index in [0.717, 1.165) is 0 Å². The summed E-state index contributed by atoms with van der Waals surface area (Å²) in [7, 11) is 0. The molecule has 0 saturated carbocycles. The second kappa shape index (κ2) is 13.0. The van der Waals surface area contributed by atoms with Gasteiger partial charge in [0.05, 0.1) is 6.10 Å². The van der Waals surface area contributed by atoms with Crippen molar-refractivity contribution in [1.82, 2.24) is 10.3 Å². The molecule has 0 bridgehead atoms. The lowest BCUT2D eigenvalue weighted by molar-refractivity contribution is -0.192. The number of hydrogen-bond donors (Lipinski definition) is 5. The predicted octanol–water partition coefficient (Wildman–Crippen LogP) is 3.33. The number of alkyl halides is 3. The Hall–Kier alpha value is -3.32. The Balaban J connectivity index is 0.000000762. The van der Waals surface area contributed by atoms with Crippen LogP contribution in [0.15, 0.2) is 18.2 Å². The van der Waals surface area contributed by atoms with E-state index in [-0.39, 0.29) is 29.1 Å². The summed E-state index contributed by atoms with van der Waals surface area (Å²) >= 11 is 6.20. The third-order valence-electron chi connectivity index (χ3n) is 4.28. The number of amides is 1. The lowest BCUT2D eigenvalue weighted by Gasteiger charge is -2.16. The van der Waals surface area contributed by atoms with Gasteiger partial charge in [0.2, 0.25) is 0 Å².